The lowest BCUT2D eigenvalue weighted by Crippen LogP contribution is -2.41. The maximum atomic E-state index is 13.7. The number of amides is 1. The lowest BCUT2D eigenvalue weighted by atomic mass is 9.97. The topological polar surface area (TPSA) is 97.3 Å². The Morgan fingerprint density at radius 2 is 1.93 bits per heavy atom. The number of nitrogens with zero attached hydrogens (tertiary/aromatic N) is 5. The van der Waals surface area contributed by atoms with Gasteiger partial charge in [-0.3, -0.25) is 14.3 Å². The molecule has 9 heteroatoms. The summed E-state index contributed by atoms with van der Waals surface area (Å²) in [5.41, 5.74) is 7.77. The van der Waals surface area contributed by atoms with Crippen LogP contribution in [0, 0.1) is 0 Å². The summed E-state index contributed by atoms with van der Waals surface area (Å²) >= 11 is 0. The van der Waals surface area contributed by atoms with Crippen LogP contribution in [0.5, 0.6) is 0 Å². The molecule has 0 saturated carbocycles. The molecule has 2 N–H and O–H groups in total. The number of hydrogen-bond donors (Lipinski definition) is 2. The molecule has 0 bridgehead atoms. The molecule has 1 aliphatic heterocycles. The summed E-state index contributed by atoms with van der Waals surface area (Å²) in [6, 6.07) is 11.7. The van der Waals surface area contributed by atoms with Crippen LogP contribution in [-0.2, 0) is 46.0 Å². The number of fused-ring (bicyclic) bond motifs is 3. The molecule has 4 heterocycles. The zero-order chi connectivity index (χ0) is 27.8. The number of likely N-dealkylation sites (N-methyl/N-ethyl adjacent to an activating group) is 1. The Balaban J connectivity index is 1.34. The Labute approximate surface area is 233 Å². The van der Waals surface area contributed by atoms with Crippen molar-refractivity contribution in [3.63, 3.8) is 0 Å². The van der Waals surface area contributed by atoms with E-state index in [2.05, 4.69) is 21.0 Å². The average Bonchev–Trinajstić information content (AvgIpc) is 3.58. The highest BCUT2D eigenvalue weighted by Gasteiger charge is 2.31. The van der Waals surface area contributed by atoms with Gasteiger partial charge in [-0.1, -0.05) is 12.1 Å². The Morgan fingerprint density at radius 1 is 1.07 bits per heavy atom. The average molecular weight is 541 g/mol. The van der Waals surface area contributed by atoms with Gasteiger partial charge in [-0.05, 0) is 73.7 Å². The van der Waals surface area contributed by atoms with E-state index in [4.69, 9.17) is 0 Å². The van der Waals surface area contributed by atoms with Gasteiger partial charge in [0.2, 0.25) is 0 Å². The number of anilines is 1. The summed E-state index contributed by atoms with van der Waals surface area (Å²) in [4.78, 5) is 28.6. The molecule has 1 aromatic carbocycles. The molecule has 1 aliphatic carbocycles. The van der Waals surface area contributed by atoms with Crippen LogP contribution >= 0.6 is 0 Å². The number of rotatable bonds is 8. The van der Waals surface area contributed by atoms with Crippen LogP contribution in [0.3, 0.4) is 0 Å². The molecular weight excluding hydrogens is 504 g/mol. The number of carbonyl (C=O) groups is 1. The third-order valence-corrected chi connectivity index (χ3v) is 8.25. The molecule has 1 amide bonds. The second-order valence-corrected chi connectivity index (χ2v) is 10.8. The van der Waals surface area contributed by atoms with Crippen molar-refractivity contribution in [1.82, 2.24) is 24.2 Å². The summed E-state index contributed by atoms with van der Waals surface area (Å²) in [6.45, 7) is 2.64. The van der Waals surface area contributed by atoms with Crippen LogP contribution in [0.4, 0.5) is 5.69 Å². The molecule has 4 aromatic rings. The lowest BCUT2D eigenvalue weighted by molar-refractivity contribution is 0.0964. The fourth-order valence-corrected chi connectivity index (χ4v) is 6.23. The van der Waals surface area contributed by atoms with Crippen molar-refractivity contribution in [3.05, 3.63) is 92.9 Å². The molecule has 0 spiro atoms. The van der Waals surface area contributed by atoms with Gasteiger partial charge in [0.05, 0.1) is 24.5 Å². The Morgan fingerprint density at radius 3 is 2.75 bits per heavy atom. The number of hydrogen-bond acceptors (Lipinski definition) is 5. The van der Waals surface area contributed by atoms with Crippen molar-refractivity contribution < 1.29 is 9.90 Å². The van der Waals surface area contributed by atoms with Gasteiger partial charge in [0.1, 0.15) is 5.69 Å². The fourth-order valence-electron chi connectivity index (χ4n) is 6.23. The smallest absolute Gasteiger partial charge is 0.274 e. The van der Waals surface area contributed by atoms with Crippen molar-refractivity contribution in [1.29, 1.82) is 0 Å². The van der Waals surface area contributed by atoms with Crippen LogP contribution in [0.25, 0.3) is 11.1 Å². The standard InChI is InChI=1S/C31H36N6O3/c1-32-11-13-35-12-10-24(33-35)17-22-16-23(19-34(2)30(22)39)25-7-5-9-28(26(25)20-38)37-15-14-36-27-8-4-3-6-21(27)18-29(36)31(37)40/h5,7,9-10,12,16,18-19,32,38H,3-4,6,8,11,13-15,17,20H2,1-2H3. The van der Waals surface area contributed by atoms with Crippen molar-refractivity contribution in [2.45, 2.75) is 51.8 Å². The van der Waals surface area contributed by atoms with Gasteiger partial charge >= 0.3 is 0 Å². The monoisotopic (exact) mass is 540 g/mol. The van der Waals surface area contributed by atoms with Crippen molar-refractivity contribution >= 4 is 11.6 Å². The van der Waals surface area contributed by atoms with E-state index in [-0.39, 0.29) is 18.1 Å². The minimum atomic E-state index is -0.221. The van der Waals surface area contributed by atoms with Crippen LogP contribution in [0.2, 0.25) is 0 Å². The molecule has 0 radical (unpaired) electrons. The maximum absolute atomic E-state index is 13.7. The van der Waals surface area contributed by atoms with E-state index in [1.165, 1.54) is 24.1 Å². The number of aliphatic hydroxyl groups excluding tert-OH is 1. The predicted molar refractivity (Wildman–Crippen MR) is 155 cm³/mol. The van der Waals surface area contributed by atoms with Crippen molar-refractivity contribution in [2.75, 3.05) is 25.0 Å². The van der Waals surface area contributed by atoms with Crippen LogP contribution in [0.1, 0.15) is 51.4 Å². The van der Waals surface area contributed by atoms with Gasteiger partial charge in [-0.25, -0.2) is 0 Å². The number of aliphatic hydroxyl groups is 1. The quantitative estimate of drug-likeness (QED) is 0.358. The van der Waals surface area contributed by atoms with Gasteiger partial charge in [0.15, 0.2) is 0 Å². The molecule has 40 heavy (non-hydrogen) atoms. The molecular formula is C31H36N6O3. The molecule has 0 saturated heterocycles. The Bertz CT molecular complexity index is 1630. The van der Waals surface area contributed by atoms with Gasteiger partial charge in [0.25, 0.3) is 11.5 Å². The van der Waals surface area contributed by atoms with Crippen molar-refractivity contribution in [3.8, 4) is 11.1 Å². The first-order valence-corrected chi connectivity index (χ1v) is 14.1. The number of carbonyl (C=O) groups excluding carboxylic acids is 1. The Hall–Kier alpha value is -3.95. The van der Waals surface area contributed by atoms with Crippen LogP contribution in [-0.4, -0.2) is 50.1 Å². The van der Waals surface area contributed by atoms with Gasteiger partial charge in [0, 0.05) is 62.3 Å². The van der Waals surface area contributed by atoms with Gasteiger partial charge in [-0.2, -0.15) is 5.10 Å². The summed E-state index contributed by atoms with van der Waals surface area (Å²) in [6.07, 6.45) is 8.54. The third-order valence-electron chi connectivity index (χ3n) is 8.25. The second-order valence-electron chi connectivity index (χ2n) is 10.8. The first-order valence-electron chi connectivity index (χ1n) is 14.1. The molecule has 6 rings (SSSR count). The largest absolute Gasteiger partial charge is 0.392 e. The molecule has 0 unspecified atom stereocenters. The molecule has 9 nitrogen and oxygen atoms in total. The number of nitrogens with one attached hydrogen (secondary N) is 1. The summed E-state index contributed by atoms with van der Waals surface area (Å²) in [7, 11) is 3.65. The van der Waals surface area contributed by atoms with E-state index in [1.807, 2.05) is 48.3 Å². The zero-order valence-corrected chi connectivity index (χ0v) is 23.2. The van der Waals surface area contributed by atoms with Gasteiger partial charge < -0.3 is 24.5 Å². The number of aryl methyl sites for hydroxylation is 2. The molecule has 208 valence electrons. The van der Waals surface area contributed by atoms with E-state index in [0.29, 0.717) is 29.8 Å². The maximum Gasteiger partial charge on any atom is 0.274 e. The SMILES string of the molecule is CNCCn1ccc(Cc2cc(-c3cccc(N4CCn5c(cc6c5CCCC6)C4=O)c3CO)cn(C)c2=O)n1. The number of benzene rings is 1. The highest BCUT2D eigenvalue weighted by molar-refractivity contribution is 6.07. The minimum Gasteiger partial charge on any atom is -0.392 e. The van der Waals surface area contributed by atoms with Crippen LogP contribution < -0.4 is 15.8 Å². The minimum absolute atomic E-state index is 0.0255. The van der Waals surface area contributed by atoms with Gasteiger partial charge in [-0.15, -0.1) is 0 Å². The molecule has 3 aromatic heterocycles. The number of aromatic nitrogens is 4. The normalized spacial score (nSPS) is 14.9. The third kappa shape index (κ3) is 4.69. The zero-order valence-electron chi connectivity index (χ0n) is 23.2. The second kappa shape index (κ2) is 10.9. The molecule has 0 atom stereocenters. The summed E-state index contributed by atoms with van der Waals surface area (Å²) in [5.74, 6) is -0.0255. The van der Waals surface area contributed by atoms with Crippen molar-refractivity contribution in [2.24, 2.45) is 7.05 Å². The molecule has 2 aliphatic rings. The van der Waals surface area contributed by atoms with E-state index in [9.17, 15) is 14.7 Å². The highest BCUT2D eigenvalue weighted by atomic mass is 16.3. The lowest BCUT2D eigenvalue weighted by Gasteiger charge is -2.31. The summed E-state index contributed by atoms with van der Waals surface area (Å²) < 4.78 is 5.66. The van der Waals surface area contributed by atoms with E-state index in [1.54, 1.807) is 22.7 Å². The first-order chi connectivity index (χ1) is 19.5. The number of pyridine rings is 1. The van der Waals surface area contributed by atoms with Crippen LogP contribution in [0.15, 0.2) is 53.6 Å². The van der Waals surface area contributed by atoms with E-state index < -0.39 is 0 Å². The van der Waals surface area contributed by atoms with E-state index in [0.717, 1.165) is 55.0 Å². The first kappa shape index (κ1) is 26.3. The highest BCUT2D eigenvalue weighted by Crippen LogP contribution is 2.35. The molecule has 0 fully saturated rings. The predicted octanol–water partition coefficient (Wildman–Crippen LogP) is 2.89. The fraction of sp³-hybridized carbons (Fsp3) is 0.387. The Kier molecular flexibility index (Phi) is 7.16. The summed E-state index contributed by atoms with van der Waals surface area (Å²) in [5, 5.41) is 18.3. The van der Waals surface area contributed by atoms with E-state index >= 15 is 0 Å².